The Morgan fingerprint density at radius 2 is 1.89 bits per heavy atom. The number of aliphatic hydroxyl groups is 2. The van der Waals surface area contributed by atoms with E-state index in [4.69, 9.17) is 0 Å². The third-order valence-corrected chi connectivity index (χ3v) is 5.08. The van der Waals surface area contributed by atoms with Gasteiger partial charge in [0.1, 0.15) is 0 Å². The van der Waals surface area contributed by atoms with E-state index in [0.29, 0.717) is 12.1 Å². The second-order valence-corrected chi connectivity index (χ2v) is 6.66. The topological polar surface area (TPSA) is 43.7 Å². The first-order valence-electron chi connectivity index (χ1n) is 7.00. The predicted molar refractivity (Wildman–Crippen MR) is 79.3 cm³/mol. The Morgan fingerprint density at radius 1 is 1.26 bits per heavy atom. The summed E-state index contributed by atoms with van der Waals surface area (Å²) in [7, 11) is 0. The number of hydrogen-bond acceptors (Lipinski definition) is 3. The zero-order valence-electron chi connectivity index (χ0n) is 11.1. The number of anilines is 1. The van der Waals surface area contributed by atoms with Crippen LogP contribution in [0.5, 0.6) is 0 Å². The Labute approximate surface area is 122 Å². The summed E-state index contributed by atoms with van der Waals surface area (Å²) in [6.07, 6.45) is 3.52. The van der Waals surface area contributed by atoms with Gasteiger partial charge in [-0.2, -0.15) is 0 Å². The van der Waals surface area contributed by atoms with Crippen LogP contribution < -0.4 is 4.90 Å². The van der Waals surface area contributed by atoms with Crippen molar-refractivity contribution < 1.29 is 10.2 Å². The summed E-state index contributed by atoms with van der Waals surface area (Å²) in [6, 6.07) is 7.01. The van der Waals surface area contributed by atoms with E-state index in [0.717, 1.165) is 22.9 Å². The van der Waals surface area contributed by atoms with Gasteiger partial charge in [-0.05, 0) is 66.2 Å². The van der Waals surface area contributed by atoms with Crippen molar-refractivity contribution in [1.82, 2.24) is 0 Å². The van der Waals surface area contributed by atoms with Gasteiger partial charge in [0.2, 0.25) is 0 Å². The zero-order chi connectivity index (χ0) is 13.6. The SMILES string of the molecule is CC(O)c1ccc(N2C3CCC2CC(O)C3)c(Br)c1. The van der Waals surface area contributed by atoms with Crippen molar-refractivity contribution in [3.05, 3.63) is 28.2 Å². The Bertz CT molecular complexity index is 463. The predicted octanol–water partition coefficient (Wildman–Crippen LogP) is 2.99. The molecule has 3 nitrogen and oxygen atoms in total. The average Bonchev–Trinajstić information content (AvgIpc) is 2.62. The van der Waals surface area contributed by atoms with E-state index in [1.807, 2.05) is 12.1 Å². The lowest BCUT2D eigenvalue weighted by molar-refractivity contribution is 0.126. The summed E-state index contributed by atoms with van der Waals surface area (Å²) in [5.41, 5.74) is 2.13. The van der Waals surface area contributed by atoms with Crippen LogP contribution in [0.15, 0.2) is 22.7 Å². The molecule has 0 saturated carbocycles. The van der Waals surface area contributed by atoms with Crippen molar-refractivity contribution in [3.8, 4) is 0 Å². The first-order chi connectivity index (χ1) is 9.06. The van der Waals surface area contributed by atoms with Crippen molar-refractivity contribution in [3.63, 3.8) is 0 Å². The van der Waals surface area contributed by atoms with Crippen LogP contribution in [0.3, 0.4) is 0 Å². The smallest absolute Gasteiger partial charge is 0.0762 e. The van der Waals surface area contributed by atoms with Crippen LogP contribution in [0.25, 0.3) is 0 Å². The minimum Gasteiger partial charge on any atom is -0.393 e. The third kappa shape index (κ3) is 2.41. The second kappa shape index (κ2) is 5.08. The molecule has 1 aromatic carbocycles. The fourth-order valence-corrected chi connectivity index (χ4v) is 4.14. The normalized spacial score (nSPS) is 31.6. The molecule has 0 spiro atoms. The van der Waals surface area contributed by atoms with Crippen molar-refractivity contribution in [1.29, 1.82) is 0 Å². The number of halogens is 1. The maximum atomic E-state index is 9.87. The van der Waals surface area contributed by atoms with Crippen LogP contribution in [-0.2, 0) is 0 Å². The van der Waals surface area contributed by atoms with Gasteiger partial charge in [-0.15, -0.1) is 0 Å². The molecule has 2 aliphatic heterocycles. The Morgan fingerprint density at radius 3 is 2.42 bits per heavy atom. The van der Waals surface area contributed by atoms with E-state index in [-0.39, 0.29) is 6.10 Å². The van der Waals surface area contributed by atoms with Crippen molar-refractivity contribution >= 4 is 21.6 Å². The van der Waals surface area contributed by atoms with Crippen molar-refractivity contribution in [2.24, 2.45) is 0 Å². The molecule has 0 aliphatic carbocycles. The van der Waals surface area contributed by atoms with Crippen molar-refractivity contribution in [2.45, 2.75) is 56.9 Å². The molecular formula is C15H20BrNO2. The molecule has 2 saturated heterocycles. The molecule has 104 valence electrons. The summed E-state index contributed by atoms with van der Waals surface area (Å²) in [4.78, 5) is 2.46. The number of nitrogens with zero attached hydrogens (tertiary/aromatic N) is 1. The number of hydrogen-bond donors (Lipinski definition) is 2. The quantitative estimate of drug-likeness (QED) is 0.878. The lowest BCUT2D eigenvalue weighted by atomic mass is 9.98. The number of rotatable bonds is 2. The molecule has 4 heteroatoms. The average molecular weight is 326 g/mol. The van der Waals surface area contributed by atoms with Crippen LogP contribution in [0.2, 0.25) is 0 Å². The maximum absolute atomic E-state index is 9.87. The summed E-state index contributed by atoms with van der Waals surface area (Å²) in [6.45, 7) is 1.78. The molecule has 2 N–H and O–H groups in total. The molecule has 2 fully saturated rings. The molecule has 19 heavy (non-hydrogen) atoms. The first-order valence-corrected chi connectivity index (χ1v) is 7.79. The lowest BCUT2D eigenvalue weighted by Crippen LogP contribution is -2.45. The first kappa shape index (κ1) is 13.4. The minimum absolute atomic E-state index is 0.135. The molecule has 2 bridgehead atoms. The maximum Gasteiger partial charge on any atom is 0.0762 e. The van der Waals surface area contributed by atoms with Gasteiger partial charge in [0.25, 0.3) is 0 Å². The summed E-state index contributed by atoms with van der Waals surface area (Å²) in [5.74, 6) is 0. The molecular weight excluding hydrogens is 306 g/mol. The Hall–Kier alpha value is -0.580. The van der Waals surface area contributed by atoms with E-state index in [1.54, 1.807) is 6.92 Å². The van der Waals surface area contributed by atoms with Gasteiger partial charge >= 0.3 is 0 Å². The molecule has 0 radical (unpaired) electrons. The van der Waals surface area contributed by atoms with Gasteiger partial charge in [0.15, 0.2) is 0 Å². The molecule has 0 amide bonds. The monoisotopic (exact) mass is 325 g/mol. The number of fused-ring (bicyclic) bond motifs is 2. The van der Waals surface area contributed by atoms with Gasteiger partial charge in [-0.25, -0.2) is 0 Å². The summed E-state index contributed by atoms with van der Waals surface area (Å²) < 4.78 is 1.04. The van der Waals surface area contributed by atoms with Crippen LogP contribution in [0.4, 0.5) is 5.69 Å². The number of aliphatic hydroxyl groups excluding tert-OH is 2. The molecule has 3 unspecified atom stereocenters. The molecule has 2 heterocycles. The van der Waals surface area contributed by atoms with Gasteiger partial charge in [0.05, 0.1) is 17.9 Å². The standard InChI is InChI=1S/C15H20BrNO2/c1-9(18)10-2-5-15(14(16)6-10)17-11-3-4-12(17)8-13(19)7-11/h2,5-6,9,11-13,18-19H,3-4,7-8H2,1H3. The highest BCUT2D eigenvalue weighted by Gasteiger charge is 2.40. The molecule has 3 rings (SSSR count). The highest BCUT2D eigenvalue weighted by atomic mass is 79.9. The van der Waals surface area contributed by atoms with E-state index in [1.165, 1.54) is 18.5 Å². The number of piperidine rings is 1. The van der Waals surface area contributed by atoms with Crippen LogP contribution in [0.1, 0.15) is 44.3 Å². The van der Waals surface area contributed by atoms with Gasteiger partial charge < -0.3 is 15.1 Å². The second-order valence-electron chi connectivity index (χ2n) is 5.80. The van der Waals surface area contributed by atoms with Crippen LogP contribution in [0, 0.1) is 0 Å². The lowest BCUT2D eigenvalue weighted by Gasteiger charge is -2.39. The zero-order valence-corrected chi connectivity index (χ0v) is 12.7. The summed E-state index contributed by atoms with van der Waals surface area (Å²) >= 11 is 3.63. The van der Waals surface area contributed by atoms with E-state index in [2.05, 4.69) is 26.9 Å². The minimum atomic E-state index is -0.440. The molecule has 3 atom stereocenters. The van der Waals surface area contributed by atoms with Crippen LogP contribution in [-0.4, -0.2) is 28.4 Å². The van der Waals surface area contributed by atoms with Gasteiger partial charge in [-0.1, -0.05) is 6.07 Å². The Balaban J connectivity index is 1.91. The van der Waals surface area contributed by atoms with E-state index >= 15 is 0 Å². The highest BCUT2D eigenvalue weighted by molar-refractivity contribution is 9.10. The van der Waals surface area contributed by atoms with Gasteiger partial charge in [0, 0.05) is 16.6 Å². The fourth-order valence-electron chi connectivity index (χ4n) is 3.53. The van der Waals surface area contributed by atoms with E-state index in [9.17, 15) is 10.2 Å². The van der Waals surface area contributed by atoms with E-state index < -0.39 is 6.10 Å². The Kier molecular flexibility index (Phi) is 3.58. The highest BCUT2D eigenvalue weighted by Crippen LogP contribution is 2.42. The summed E-state index contributed by atoms with van der Waals surface area (Å²) in [5, 5.41) is 19.5. The molecule has 2 aliphatic rings. The fraction of sp³-hybridized carbons (Fsp3) is 0.600. The largest absolute Gasteiger partial charge is 0.393 e. The molecule has 0 aromatic heterocycles. The van der Waals surface area contributed by atoms with Crippen molar-refractivity contribution in [2.75, 3.05) is 4.90 Å². The molecule has 1 aromatic rings. The number of benzene rings is 1. The van der Waals surface area contributed by atoms with Gasteiger partial charge in [-0.3, -0.25) is 0 Å². The van der Waals surface area contributed by atoms with Crippen LogP contribution >= 0.6 is 15.9 Å². The third-order valence-electron chi connectivity index (χ3n) is 4.44.